The van der Waals surface area contributed by atoms with Gasteiger partial charge in [-0.1, -0.05) is 6.92 Å². The number of carbonyl (C=O) groups excluding carboxylic acids is 1. The lowest BCUT2D eigenvalue weighted by molar-refractivity contribution is 0.156. The van der Waals surface area contributed by atoms with Crippen LogP contribution in [-0.4, -0.2) is 67.0 Å². The van der Waals surface area contributed by atoms with Crippen LogP contribution in [0.5, 0.6) is 0 Å². The first kappa shape index (κ1) is 13.3. The molecule has 1 unspecified atom stereocenters. The molecule has 1 atom stereocenters. The molecule has 4 nitrogen and oxygen atoms in total. The first-order chi connectivity index (χ1) is 7.60. The fourth-order valence-electron chi connectivity index (χ4n) is 2.34. The van der Waals surface area contributed by atoms with Gasteiger partial charge < -0.3 is 9.80 Å². The van der Waals surface area contributed by atoms with Crippen molar-refractivity contribution in [3.63, 3.8) is 0 Å². The van der Waals surface area contributed by atoms with Gasteiger partial charge in [0.15, 0.2) is 0 Å². The summed E-state index contributed by atoms with van der Waals surface area (Å²) in [4.78, 5) is 18.0. The van der Waals surface area contributed by atoms with Crippen LogP contribution in [0, 0.1) is 0 Å². The number of nitrogens with zero attached hydrogens (tertiary/aromatic N) is 3. The van der Waals surface area contributed by atoms with E-state index in [0.29, 0.717) is 6.04 Å². The minimum absolute atomic E-state index is 0.130. The Bertz CT molecular complexity index is 232. The summed E-state index contributed by atoms with van der Waals surface area (Å²) in [6, 6.07) is 0.689. The Labute approximate surface area is 99.2 Å². The van der Waals surface area contributed by atoms with Crippen LogP contribution in [0.15, 0.2) is 0 Å². The lowest BCUT2D eigenvalue weighted by Crippen LogP contribution is -2.45. The van der Waals surface area contributed by atoms with Gasteiger partial charge in [-0.2, -0.15) is 0 Å². The minimum Gasteiger partial charge on any atom is -0.328 e. The number of rotatable bonds is 4. The molecule has 0 aliphatic carbocycles. The van der Waals surface area contributed by atoms with Gasteiger partial charge in [0.1, 0.15) is 0 Å². The molecule has 1 aliphatic heterocycles. The second kappa shape index (κ2) is 6.09. The van der Waals surface area contributed by atoms with Gasteiger partial charge in [-0.25, -0.2) is 4.79 Å². The molecule has 0 bridgehead atoms. The van der Waals surface area contributed by atoms with Gasteiger partial charge in [0.2, 0.25) is 0 Å². The zero-order chi connectivity index (χ0) is 12.1. The first-order valence-electron chi connectivity index (χ1n) is 6.30. The lowest BCUT2D eigenvalue weighted by Gasteiger charge is -2.30. The van der Waals surface area contributed by atoms with Crippen molar-refractivity contribution in [3.8, 4) is 0 Å². The fraction of sp³-hybridized carbons (Fsp3) is 0.917. The average molecular weight is 227 g/mol. The number of urea groups is 1. The van der Waals surface area contributed by atoms with E-state index in [1.165, 1.54) is 19.4 Å². The highest BCUT2D eigenvalue weighted by Crippen LogP contribution is 2.17. The van der Waals surface area contributed by atoms with Gasteiger partial charge in [0.05, 0.1) is 0 Å². The van der Waals surface area contributed by atoms with Crippen molar-refractivity contribution in [2.24, 2.45) is 0 Å². The minimum atomic E-state index is 0.130. The summed E-state index contributed by atoms with van der Waals surface area (Å²) in [5, 5.41) is 0. The second-order valence-electron chi connectivity index (χ2n) is 4.60. The maximum Gasteiger partial charge on any atom is 0.319 e. The number of likely N-dealkylation sites (N-methyl/N-ethyl adjacent to an activating group) is 2. The van der Waals surface area contributed by atoms with Gasteiger partial charge in [0.25, 0.3) is 0 Å². The summed E-state index contributed by atoms with van der Waals surface area (Å²) < 4.78 is 0. The quantitative estimate of drug-likeness (QED) is 0.727. The Balaban J connectivity index is 2.44. The molecule has 0 radical (unpaired) electrons. The number of carbonyl (C=O) groups is 1. The molecule has 1 rings (SSSR count). The molecule has 0 aromatic heterocycles. The molecule has 0 aromatic carbocycles. The Hall–Kier alpha value is -0.770. The van der Waals surface area contributed by atoms with Crippen molar-refractivity contribution in [2.75, 3.05) is 40.3 Å². The van der Waals surface area contributed by atoms with Crippen LogP contribution >= 0.6 is 0 Å². The van der Waals surface area contributed by atoms with Gasteiger partial charge in [-0.3, -0.25) is 4.90 Å². The molecule has 16 heavy (non-hydrogen) atoms. The van der Waals surface area contributed by atoms with Crippen molar-refractivity contribution in [1.29, 1.82) is 0 Å². The SMILES string of the molecule is CCN(C)C(=O)N(C)CC1CCCN1CC. The molecule has 2 amide bonds. The van der Waals surface area contributed by atoms with Crippen LogP contribution in [-0.2, 0) is 0 Å². The van der Waals surface area contributed by atoms with Crippen LogP contribution in [0.25, 0.3) is 0 Å². The highest BCUT2D eigenvalue weighted by Gasteiger charge is 2.26. The normalized spacial score (nSPS) is 21.1. The topological polar surface area (TPSA) is 26.8 Å². The predicted molar refractivity (Wildman–Crippen MR) is 66.6 cm³/mol. The summed E-state index contributed by atoms with van der Waals surface area (Å²) in [5.74, 6) is 0. The standard InChI is InChI=1S/C12H25N3O/c1-5-13(3)12(16)14(4)10-11-8-7-9-15(11)6-2/h11H,5-10H2,1-4H3. The zero-order valence-electron chi connectivity index (χ0n) is 11.1. The van der Waals surface area contributed by atoms with Crippen molar-refractivity contribution in [2.45, 2.75) is 32.7 Å². The Kier molecular flexibility index (Phi) is 5.06. The summed E-state index contributed by atoms with van der Waals surface area (Å²) in [7, 11) is 3.76. The summed E-state index contributed by atoms with van der Waals surface area (Å²) in [6.07, 6.45) is 2.49. The number of amides is 2. The second-order valence-corrected chi connectivity index (χ2v) is 4.60. The van der Waals surface area contributed by atoms with Gasteiger partial charge in [-0.15, -0.1) is 0 Å². The van der Waals surface area contributed by atoms with Gasteiger partial charge >= 0.3 is 6.03 Å². The Morgan fingerprint density at radius 1 is 1.31 bits per heavy atom. The van der Waals surface area contributed by atoms with Gasteiger partial charge in [0, 0.05) is 33.2 Å². The van der Waals surface area contributed by atoms with E-state index in [1.807, 2.05) is 25.9 Å². The van der Waals surface area contributed by atoms with Crippen molar-refractivity contribution in [1.82, 2.24) is 14.7 Å². The molecular weight excluding hydrogens is 202 g/mol. The average Bonchev–Trinajstić information content (AvgIpc) is 2.74. The molecule has 1 saturated heterocycles. The van der Waals surface area contributed by atoms with Gasteiger partial charge in [-0.05, 0) is 32.9 Å². The number of likely N-dealkylation sites (tertiary alicyclic amines) is 1. The third kappa shape index (κ3) is 3.11. The molecular formula is C12H25N3O. The molecule has 1 aliphatic rings. The summed E-state index contributed by atoms with van der Waals surface area (Å²) >= 11 is 0. The van der Waals surface area contributed by atoms with Crippen LogP contribution in [0.2, 0.25) is 0 Å². The number of hydrogen-bond donors (Lipinski definition) is 0. The highest BCUT2D eigenvalue weighted by atomic mass is 16.2. The van der Waals surface area contributed by atoms with E-state index in [-0.39, 0.29) is 6.03 Å². The van der Waals surface area contributed by atoms with E-state index in [9.17, 15) is 4.79 Å². The van der Waals surface area contributed by atoms with Crippen LogP contribution in [0.4, 0.5) is 4.79 Å². The van der Waals surface area contributed by atoms with E-state index in [1.54, 1.807) is 4.90 Å². The monoisotopic (exact) mass is 227 g/mol. The largest absolute Gasteiger partial charge is 0.328 e. The molecule has 0 saturated carbocycles. The third-order valence-corrected chi connectivity index (χ3v) is 3.52. The lowest BCUT2D eigenvalue weighted by atomic mass is 10.2. The molecule has 94 valence electrons. The van der Waals surface area contributed by atoms with Crippen molar-refractivity contribution >= 4 is 6.03 Å². The molecule has 0 spiro atoms. The van der Waals surface area contributed by atoms with Crippen LogP contribution in [0.3, 0.4) is 0 Å². The van der Waals surface area contributed by atoms with E-state index < -0.39 is 0 Å². The summed E-state index contributed by atoms with van der Waals surface area (Å²) in [5.41, 5.74) is 0. The Morgan fingerprint density at radius 2 is 2.00 bits per heavy atom. The van der Waals surface area contributed by atoms with Crippen molar-refractivity contribution < 1.29 is 4.79 Å². The van der Waals surface area contributed by atoms with E-state index in [4.69, 9.17) is 0 Å². The van der Waals surface area contributed by atoms with E-state index >= 15 is 0 Å². The molecule has 4 heteroatoms. The smallest absolute Gasteiger partial charge is 0.319 e. The maximum absolute atomic E-state index is 11.9. The molecule has 0 aromatic rings. The first-order valence-corrected chi connectivity index (χ1v) is 6.30. The predicted octanol–water partition coefficient (Wildman–Crippen LogP) is 1.47. The van der Waals surface area contributed by atoms with Crippen molar-refractivity contribution in [3.05, 3.63) is 0 Å². The van der Waals surface area contributed by atoms with E-state index in [2.05, 4.69) is 11.8 Å². The number of hydrogen-bond acceptors (Lipinski definition) is 2. The highest BCUT2D eigenvalue weighted by molar-refractivity contribution is 5.73. The maximum atomic E-state index is 11.9. The Morgan fingerprint density at radius 3 is 2.56 bits per heavy atom. The molecule has 1 heterocycles. The molecule has 1 fully saturated rings. The fourth-order valence-corrected chi connectivity index (χ4v) is 2.34. The van der Waals surface area contributed by atoms with E-state index in [0.717, 1.165) is 19.6 Å². The van der Waals surface area contributed by atoms with Crippen LogP contribution < -0.4 is 0 Å². The third-order valence-electron chi connectivity index (χ3n) is 3.52. The summed E-state index contributed by atoms with van der Waals surface area (Å²) in [6.45, 7) is 8.10. The van der Waals surface area contributed by atoms with Crippen LogP contribution in [0.1, 0.15) is 26.7 Å². The zero-order valence-corrected chi connectivity index (χ0v) is 11.1. The molecule has 0 N–H and O–H groups in total.